The van der Waals surface area contributed by atoms with E-state index in [1.807, 2.05) is 11.9 Å². The van der Waals surface area contributed by atoms with Crippen LogP contribution in [0.25, 0.3) is 0 Å². The van der Waals surface area contributed by atoms with Crippen molar-refractivity contribution < 1.29 is 4.79 Å². The van der Waals surface area contributed by atoms with Crippen LogP contribution in [0.5, 0.6) is 0 Å². The lowest BCUT2D eigenvalue weighted by atomic mass is 9.96. The summed E-state index contributed by atoms with van der Waals surface area (Å²) in [5, 5.41) is 3.37. The van der Waals surface area contributed by atoms with Gasteiger partial charge in [0.2, 0.25) is 5.91 Å². The van der Waals surface area contributed by atoms with Gasteiger partial charge in [0.1, 0.15) is 0 Å². The first-order valence-electron chi connectivity index (χ1n) is 4.75. The molecule has 2 saturated heterocycles. The van der Waals surface area contributed by atoms with Crippen molar-refractivity contribution >= 4 is 5.91 Å². The Bertz CT molecular complexity index is 193. The molecule has 0 unspecified atom stereocenters. The maximum atomic E-state index is 11.4. The molecule has 0 bridgehead atoms. The lowest BCUT2D eigenvalue weighted by molar-refractivity contribution is -0.127. The number of nitrogens with zero attached hydrogens (tertiary/aromatic N) is 1. The highest BCUT2D eigenvalue weighted by Crippen LogP contribution is 2.29. The Labute approximate surface area is 73.1 Å². The van der Waals surface area contributed by atoms with Crippen LogP contribution in [0.3, 0.4) is 0 Å². The van der Waals surface area contributed by atoms with E-state index in [1.165, 1.54) is 6.42 Å². The molecule has 2 rings (SSSR count). The summed E-state index contributed by atoms with van der Waals surface area (Å²) in [4.78, 5) is 13.3. The molecule has 0 aromatic rings. The third-order valence-electron chi connectivity index (χ3n) is 3.18. The second kappa shape index (κ2) is 3.05. The van der Waals surface area contributed by atoms with Gasteiger partial charge in [-0.1, -0.05) is 0 Å². The summed E-state index contributed by atoms with van der Waals surface area (Å²) in [6, 6.07) is 0.521. The van der Waals surface area contributed by atoms with E-state index in [9.17, 15) is 4.79 Å². The van der Waals surface area contributed by atoms with Gasteiger partial charge in [-0.25, -0.2) is 0 Å². The largest absolute Gasteiger partial charge is 0.342 e. The van der Waals surface area contributed by atoms with Crippen molar-refractivity contribution in [1.29, 1.82) is 0 Å². The average Bonchev–Trinajstić information content (AvgIpc) is 2.30. The number of amides is 1. The Kier molecular flexibility index (Phi) is 2.05. The van der Waals surface area contributed by atoms with Crippen molar-refractivity contribution in [2.75, 3.05) is 20.1 Å². The lowest BCUT2D eigenvalue weighted by Gasteiger charge is -2.21. The van der Waals surface area contributed by atoms with E-state index in [4.69, 9.17) is 0 Å². The maximum Gasteiger partial charge on any atom is 0.222 e. The zero-order valence-electron chi connectivity index (χ0n) is 7.55. The Morgan fingerprint density at radius 1 is 1.42 bits per heavy atom. The number of rotatable bonds is 0. The average molecular weight is 168 g/mol. The number of hydrogen-bond donors (Lipinski definition) is 1. The normalized spacial score (nSPS) is 36.4. The molecule has 0 aromatic heterocycles. The van der Waals surface area contributed by atoms with Gasteiger partial charge in [-0.2, -0.15) is 0 Å². The molecule has 12 heavy (non-hydrogen) atoms. The summed E-state index contributed by atoms with van der Waals surface area (Å²) < 4.78 is 0. The smallest absolute Gasteiger partial charge is 0.222 e. The van der Waals surface area contributed by atoms with E-state index in [1.54, 1.807) is 0 Å². The van der Waals surface area contributed by atoms with Crippen LogP contribution in [-0.4, -0.2) is 37.0 Å². The molecule has 0 radical (unpaired) electrons. The highest BCUT2D eigenvalue weighted by Gasteiger charge is 2.37. The van der Waals surface area contributed by atoms with Gasteiger partial charge in [-0.3, -0.25) is 4.79 Å². The van der Waals surface area contributed by atoms with E-state index in [-0.39, 0.29) is 0 Å². The van der Waals surface area contributed by atoms with E-state index >= 15 is 0 Å². The topological polar surface area (TPSA) is 32.3 Å². The van der Waals surface area contributed by atoms with E-state index in [0.29, 0.717) is 17.9 Å². The van der Waals surface area contributed by atoms with E-state index in [0.717, 1.165) is 25.9 Å². The molecule has 0 aromatic carbocycles. The van der Waals surface area contributed by atoms with Crippen molar-refractivity contribution in [3.8, 4) is 0 Å². The highest BCUT2D eigenvalue weighted by molar-refractivity contribution is 5.79. The monoisotopic (exact) mass is 168 g/mol. The van der Waals surface area contributed by atoms with Crippen LogP contribution in [0.15, 0.2) is 0 Å². The first kappa shape index (κ1) is 8.05. The molecule has 3 heteroatoms. The molecule has 0 aliphatic carbocycles. The fourth-order valence-corrected chi connectivity index (χ4v) is 2.39. The summed E-state index contributed by atoms with van der Waals surface area (Å²) in [5.74, 6) is 0.962. The number of fused-ring (bicyclic) bond motifs is 1. The second-order valence-corrected chi connectivity index (χ2v) is 3.86. The zero-order chi connectivity index (χ0) is 8.55. The Balaban J connectivity index is 2.09. The minimum Gasteiger partial charge on any atom is -0.342 e. The third kappa shape index (κ3) is 1.22. The standard InChI is InChI=1S/C9H16N2O/c1-11-8-3-5-10-4-2-7(8)6-9(11)12/h7-8,10H,2-6H2,1H3/t7-,8+/m0/s1. The van der Waals surface area contributed by atoms with Crippen LogP contribution in [0.1, 0.15) is 19.3 Å². The fourth-order valence-electron chi connectivity index (χ4n) is 2.39. The van der Waals surface area contributed by atoms with E-state index < -0.39 is 0 Å². The Morgan fingerprint density at radius 3 is 3.00 bits per heavy atom. The second-order valence-electron chi connectivity index (χ2n) is 3.86. The molecule has 2 atom stereocenters. The van der Waals surface area contributed by atoms with Gasteiger partial charge in [-0.15, -0.1) is 0 Å². The van der Waals surface area contributed by atoms with Crippen LogP contribution in [0.4, 0.5) is 0 Å². The number of carbonyl (C=O) groups is 1. The molecule has 2 fully saturated rings. The Morgan fingerprint density at radius 2 is 2.17 bits per heavy atom. The van der Waals surface area contributed by atoms with Crippen LogP contribution >= 0.6 is 0 Å². The van der Waals surface area contributed by atoms with Gasteiger partial charge < -0.3 is 10.2 Å². The zero-order valence-corrected chi connectivity index (χ0v) is 7.55. The Hall–Kier alpha value is -0.570. The molecule has 68 valence electrons. The molecule has 0 saturated carbocycles. The molecule has 2 aliphatic heterocycles. The number of hydrogen-bond acceptors (Lipinski definition) is 2. The number of nitrogens with one attached hydrogen (secondary N) is 1. The predicted molar refractivity (Wildman–Crippen MR) is 46.8 cm³/mol. The van der Waals surface area contributed by atoms with Gasteiger partial charge >= 0.3 is 0 Å². The SMILES string of the molecule is CN1C(=O)C[C@@H]2CCNCC[C@H]21. The quantitative estimate of drug-likeness (QED) is 0.561. The molecule has 1 N–H and O–H groups in total. The molecular weight excluding hydrogens is 152 g/mol. The number of carbonyl (C=O) groups excluding carboxylic acids is 1. The van der Waals surface area contributed by atoms with Crippen molar-refractivity contribution in [3.63, 3.8) is 0 Å². The summed E-state index contributed by atoms with van der Waals surface area (Å²) in [5.41, 5.74) is 0. The lowest BCUT2D eigenvalue weighted by Crippen LogP contribution is -2.32. The van der Waals surface area contributed by atoms with Crippen LogP contribution in [0, 0.1) is 5.92 Å². The minimum absolute atomic E-state index is 0.340. The highest BCUT2D eigenvalue weighted by atomic mass is 16.2. The van der Waals surface area contributed by atoms with Crippen LogP contribution < -0.4 is 5.32 Å². The summed E-state index contributed by atoms with van der Waals surface area (Å²) >= 11 is 0. The predicted octanol–water partition coefficient (Wildman–Crippen LogP) is 0.217. The van der Waals surface area contributed by atoms with Crippen LogP contribution in [0.2, 0.25) is 0 Å². The van der Waals surface area contributed by atoms with Gasteiger partial charge in [0, 0.05) is 19.5 Å². The third-order valence-corrected chi connectivity index (χ3v) is 3.18. The molecule has 0 spiro atoms. The molecular formula is C9H16N2O. The molecule has 2 aliphatic rings. The minimum atomic E-state index is 0.340. The van der Waals surface area contributed by atoms with Crippen LogP contribution in [-0.2, 0) is 4.79 Å². The fraction of sp³-hybridized carbons (Fsp3) is 0.889. The van der Waals surface area contributed by atoms with Crippen molar-refractivity contribution in [2.45, 2.75) is 25.3 Å². The van der Waals surface area contributed by atoms with Crippen molar-refractivity contribution in [1.82, 2.24) is 10.2 Å². The number of likely N-dealkylation sites (tertiary alicyclic amines) is 1. The van der Waals surface area contributed by atoms with Gasteiger partial charge in [0.15, 0.2) is 0 Å². The first-order chi connectivity index (χ1) is 5.79. The summed E-state index contributed by atoms with van der Waals surface area (Å²) in [6.07, 6.45) is 3.08. The maximum absolute atomic E-state index is 11.4. The van der Waals surface area contributed by atoms with Crippen molar-refractivity contribution in [2.24, 2.45) is 5.92 Å². The van der Waals surface area contributed by atoms with Gasteiger partial charge in [0.25, 0.3) is 0 Å². The molecule has 3 nitrogen and oxygen atoms in total. The summed E-state index contributed by atoms with van der Waals surface area (Å²) in [6.45, 7) is 2.15. The first-order valence-corrected chi connectivity index (χ1v) is 4.75. The van der Waals surface area contributed by atoms with Crippen molar-refractivity contribution in [3.05, 3.63) is 0 Å². The van der Waals surface area contributed by atoms with Gasteiger partial charge in [0.05, 0.1) is 0 Å². The van der Waals surface area contributed by atoms with Gasteiger partial charge in [-0.05, 0) is 31.8 Å². The van der Waals surface area contributed by atoms with E-state index in [2.05, 4.69) is 5.32 Å². The molecule has 2 heterocycles. The molecule has 1 amide bonds. The summed E-state index contributed by atoms with van der Waals surface area (Å²) in [7, 11) is 1.94.